The van der Waals surface area contributed by atoms with Crippen LogP contribution in [0.15, 0.2) is 5.38 Å². The average Bonchev–Trinajstić information content (AvgIpc) is 2.50. The van der Waals surface area contributed by atoms with Crippen LogP contribution in [0, 0.1) is 6.92 Å². The molecule has 0 aliphatic carbocycles. The lowest BCUT2D eigenvalue weighted by Crippen LogP contribution is -2.26. The minimum atomic E-state index is -0.223. The first-order valence-electron chi connectivity index (χ1n) is 4.28. The molecule has 1 aromatic heterocycles. The zero-order valence-electron chi connectivity index (χ0n) is 8.61. The maximum Gasteiger partial charge on any atom is 0.319 e. The van der Waals surface area contributed by atoms with Crippen LogP contribution in [0.4, 0.5) is 0 Å². The van der Waals surface area contributed by atoms with Crippen molar-refractivity contribution < 1.29 is 9.53 Å². The van der Waals surface area contributed by atoms with E-state index in [2.05, 4.69) is 9.72 Å². The molecule has 1 rings (SSSR count). The lowest BCUT2D eigenvalue weighted by atomic mass is 10.4. The fraction of sp³-hybridized carbons (Fsp3) is 0.556. The summed E-state index contributed by atoms with van der Waals surface area (Å²) in [6, 6.07) is 0. The molecule has 0 atom stereocenters. The van der Waals surface area contributed by atoms with Crippen LogP contribution < -0.4 is 0 Å². The third kappa shape index (κ3) is 3.43. The van der Waals surface area contributed by atoms with Crippen molar-refractivity contribution in [3.63, 3.8) is 0 Å². The molecule has 4 nitrogen and oxygen atoms in total. The number of ether oxygens (including phenoxy) is 1. The Balaban J connectivity index is 2.41. The molecule has 0 aliphatic heterocycles. The molecule has 0 saturated carbocycles. The Morgan fingerprint density at radius 3 is 2.93 bits per heavy atom. The molecule has 14 heavy (non-hydrogen) atoms. The summed E-state index contributed by atoms with van der Waals surface area (Å²) in [7, 11) is 3.26. The molecule has 0 fully saturated rings. The van der Waals surface area contributed by atoms with E-state index in [1.165, 1.54) is 7.11 Å². The van der Waals surface area contributed by atoms with Crippen molar-refractivity contribution in [3.8, 4) is 0 Å². The van der Waals surface area contributed by atoms with Crippen LogP contribution in [0.5, 0.6) is 0 Å². The minimum absolute atomic E-state index is 0.223. The molecule has 1 aromatic rings. The van der Waals surface area contributed by atoms with Gasteiger partial charge in [-0.05, 0) is 14.0 Å². The van der Waals surface area contributed by atoms with Crippen LogP contribution in [0.25, 0.3) is 0 Å². The summed E-state index contributed by atoms with van der Waals surface area (Å²) in [6.45, 7) is 2.95. The zero-order chi connectivity index (χ0) is 10.6. The highest BCUT2D eigenvalue weighted by Crippen LogP contribution is 2.09. The van der Waals surface area contributed by atoms with Gasteiger partial charge in [0.25, 0.3) is 0 Å². The molecule has 0 aliphatic rings. The van der Waals surface area contributed by atoms with Crippen LogP contribution in [0.3, 0.4) is 0 Å². The van der Waals surface area contributed by atoms with E-state index in [1.807, 2.05) is 24.3 Å². The summed E-state index contributed by atoms with van der Waals surface area (Å²) in [5.74, 6) is -0.223. The minimum Gasteiger partial charge on any atom is -0.468 e. The van der Waals surface area contributed by atoms with Gasteiger partial charge < -0.3 is 4.74 Å². The van der Waals surface area contributed by atoms with E-state index in [-0.39, 0.29) is 5.97 Å². The topological polar surface area (TPSA) is 42.4 Å². The Labute approximate surface area is 87.5 Å². The van der Waals surface area contributed by atoms with Gasteiger partial charge >= 0.3 is 5.97 Å². The number of methoxy groups -OCH3 is 1. The van der Waals surface area contributed by atoms with Gasteiger partial charge in [0.2, 0.25) is 0 Å². The number of aryl methyl sites for hydroxylation is 1. The van der Waals surface area contributed by atoms with Gasteiger partial charge in [-0.25, -0.2) is 4.98 Å². The first kappa shape index (κ1) is 11.1. The average molecular weight is 214 g/mol. The summed E-state index contributed by atoms with van der Waals surface area (Å²) in [5.41, 5.74) is 0.999. The molecular weight excluding hydrogens is 200 g/mol. The van der Waals surface area contributed by atoms with Crippen LogP contribution >= 0.6 is 11.3 Å². The van der Waals surface area contributed by atoms with E-state index >= 15 is 0 Å². The van der Waals surface area contributed by atoms with Gasteiger partial charge in [0.05, 0.1) is 24.4 Å². The van der Waals surface area contributed by atoms with Crippen molar-refractivity contribution in [2.45, 2.75) is 13.5 Å². The lowest BCUT2D eigenvalue weighted by molar-refractivity contribution is -0.141. The van der Waals surface area contributed by atoms with E-state index in [9.17, 15) is 4.79 Å². The monoisotopic (exact) mass is 214 g/mol. The van der Waals surface area contributed by atoms with Crippen molar-refractivity contribution in [1.82, 2.24) is 9.88 Å². The third-order valence-corrected chi connectivity index (χ3v) is 2.55. The molecule has 5 heteroatoms. The first-order valence-corrected chi connectivity index (χ1v) is 5.16. The number of thiazole rings is 1. The molecule has 0 amide bonds. The quantitative estimate of drug-likeness (QED) is 0.703. The summed E-state index contributed by atoms with van der Waals surface area (Å²) in [6.07, 6.45) is 0. The highest BCUT2D eigenvalue weighted by atomic mass is 32.1. The highest BCUT2D eigenvalue weighted by molar-refractivity contribution is 7.09. The fourth-order valence-electron chi connectivity index (χ4n) is 1.10. The van der Waals surface area contributed by atoms with Crippen LogP contribution in [0.2, 0.25) is 0 Å². The van der Waals surface area contributed by atoms with Gasteiger partial charge in [0.1, 0.15) is 0 Å². The molecule has 0 spiro atoms. The molecule has 0 unspecified atom stereocenters. The first-order chi connectivity index (χ1) is 6.61. The molecule has 0 radical (unpaired) electrons. The van der Waals surface area contributed by atoms with E-state index in [4.69, 9.17) is 0 Å². The predicted molar refractivity (Wildman–Crippen MR) is 55.2 cm³/mol. The maximum atomic E-state index is 10.9. The number of carbonyl (C=O) groups is 1. The number of hydrogen-bond acceptors (Lipinski definition) is 5. The van der Waals surface area contributed by atoms with Crippen molar-refractivity contribution in [1.29, 1.82) is 0 Å². The third-order valence-electron chi connectivity index (χ3n) is 1.73. The Kier molecular flexibility index (Phi) is 4.03. The number of aromatic nitrogens is 1. The van der Waals surface area contributed by atoms with Crippen LogP contribution in [-0.2, 0) is 16.1 Å². The second-order valence-electron chi connectivity index (χ2n) is 3.11. The Bertz CT molecular complexity index is 312. The maximum absolute atomic E-state index is 10.9. The van der Waals surface area contributed by atoms with Crippen LogP contribution in [-0.4, -0.2) is 36.6 Å². The molecule has 0 bridgehead atoms. The summed E-state index contributed by atoms with van der Waals surface area (Å²) < 4.78 is 4.57. The second kappa shape index (κ2) is 5.07. The Morgan fingerprint density at radius 2 is 2.43 bits per heavy atom. The molecule has 0 aromatic carbocycles. The number of rotatable bonds is 4. The number of hydrogen-bond donors (Lipinski definition) is 0. The Hall–Kier alpha value is -0.940. The fourth-order valence-corrected chi connectivity index (χ4v) is 1.70. The largest absolute Gasteiger partial charge is 0.468 e. The van der Waals surface area contributed by atoms with Crippen molar-refractivity contribution >= 4 is 17.3 Å². The summed E-state index contributed by atoms with van der Waals surface area (Å²) in [4.78, 5) is 17.1. The van der Waals surface area contributed by atoms with Gasteiger partial charge in [0.15, 0.2) is 0 Å². The number of esters is 1. The van der Waals surface area contributed by atoms with Crippen LogP contribution in [0.1, 0.15) is 10.7 Å². The summed E-state index contributed by atoms with van der Waals surface area (Å²) in [5, 5.41) is 3.05. The van der Waals surface area contributed by atoms with E-state index in [1.54, 1.807) is 11.3 Å². The predicted octanol–water partition coefficient (Wildman–Crippen LogP) is 1.06. The van der Waals surface area contributed by atoms with E-state index in [0.717, 1.165) is 10.7 Å². The molecule has 78 valence electrons. The standard InChI is InChI=1S/C9H14N2O2S/c1-7-10-8(6-14-7)4-11(2)5-9(12)13-3/h6H,4-5H2,1-3H3. The number of nitrogens with zero attached hydrogens (tertiary/aromatic N) is 2. The zero-order valence-corrected chi connectivity index (χ0v) is 9.43. The molecule has 0 N–H and O–H groups in total. The molecular formula is C9H14N2O2S. The van der Waals surface area contributed by atoms with Gasteiger partial charge in [-0.3, -0.25) is 9.69 Å². The molecule has 0 saturated heterocycles. The molecule has 1 heterocycles. The van der Waals surface area contributed by atoms with E-state index in [0.29, 0.717) is 13.1 Å². The van der Waals surface area contributed by atoms with Crippen molar-refractivity contribution in [2.24, 2.45) is 0 Å². The number of carbonyl (C=O) groups excluding carboxylic acids is 1. The SMILES string of the molecule is COC(=O)CN(C)Cc1csc(C)n1. The lowest BCUT2D eigenvalue weighted by Gasteiger charge is -2.12. The van der Waals surface area contributed by atoms with Gasteiger partial charge in [-0.2, -0.15) is 0 Å². The smallest absolute Gasteiger partial charge is 0.319 e. The van der Waals surface area contributed by atoms with Crippen molar-refractivity contribution in [2.75, 3.05) is 20.7 Å². The van der Waals surface area contributed by atoms with Gasteiger partial charge in [-0.1, -0.05) is 0 Å². The number of likely N-dealkylation sites (N-methyl/N-ethyl adjacent to an activating group) is 1. The van der Waals surface area contributed by atoms with E-state index < -0.39 is 0 Å². The normalized spacial score (nSPS) is 10.6. The Morgan fingerprint density at radius 1 is 1.71 bits per heavy atom. The van der Waals surface area contributed by atoms with Gasteiger partial charge in [0, 0.05) is 11.9 Å². The summed E-state index contributed by atoms with van der Waals surface area (Å²) >= 11 is 1.62. The van der Waals surface area contributed by atoms with Crippen molar-refractivity contribution in [3.05, 3.63) is 16.1 Å². The van der Waals surface area contributed by atoms with Gasteiger partial charge in [-0.15, -0.1) is 11.3 Å². The second-order valence-corrected chi connectivity index (χ2v) is 4.17. The highest BCUT2D eigenvalue weighted by Gasteiger charge is 2.08.